The zero-order valence-electron chi connectivity index (χ0n) is 15.9. The highest BCUT2D eigenvalue weighted by atomic mass is 32.2. The SMILES string of the molecule is CCN(CC)S(=O)(=O)c1ccc(NC(=O)c2cc3cccc(OC)c3o2)cc1. The Kier molecular flexibility index (Phi) is 5.71. The van der Waals surface area contributed by atoms with Gasteiger partial charge in [0.15, 0.2) is 17.1 Å². The lowest BCUT2D eigenvalue weighted by Crippen LogP contribution is -2.30. The van der Waals surface area contributed by atoms with Crippen LogP contribution in [-0.4, -0.2) is 38.8 Å². The highest BCUT2D eigenvalue weighted by Crippen LogP contribution is 2.29. The number of amides is 1. The Morgan fingerprint density at radius 2 is 1.79 bits per heavy atom. The van der Waals surface area contributed by atoms with Gasteiger partial charge in [0.1, 0.15) is 0 Å². The topological polar surface area (TPSA) is 88.9 Å². The first-order valence-corrected chi connectivity index (χ1v) is 10.3. The Hall–Kier alpha value is -2.84. The van der Waals surface area contributed by atoms with Crippen molar-refractivity contribution in [2.75, 3.05) is 25.5 Å². The van der Waals surface area contributed by atoms with E-state index in [1.165, 1.54) is 23.5 Å². The maximum atomic E-state index is 12.5. The summed E-state index contributed by atoms with van der Waals surface area (Å²) in [7, 11) is -2.00. The molecule has 8 heteroatoms. The molecule has 0 aliphatic carbocycles. The third-order valence-electron chi connectivity index (χ3n) is 4.41. The molecule has 0 saturated heterocycles. The van der Waals surface area contributed by atoms with Crippen LogP contribution in [0.2, 0.25) is 0 Å². The van der Waals surface area contributed by atoms with Crippen molar-refractivity contribution in [2.45, 2.75) is 18.7 Å². The highest BCUT2D eigenvalue weighted by molar-refractivity contribution is 7.89. The van der Waals surface area contributed by atoms with Crippen LogP contribution in [-0.2, 0) is 10.0 Å². The number of sulfonamides is 1. The van der Waals surface area contributed by atoms with E-state index in [1.807, 2.05) is 12.1 Å². The molecule has 1 N–H and O–H groups in total. The molecular weight excluding hydrogens is 380 g/mol. The highest BCUT2D eigenvalue weighted by Gasteiger charge is 2.21. The molecule has 0 fully saturated rings. The molecule has 0 spiro atoms. The predicted octanol–water partition coefficient (Wildman–Crippen LogP) is 3.72. The number of fused-ring (bicyclic) bond motifs is 1. The molecule has 0 bridgehead atoms. The molecule has 0 radical (unpaired) electrons. The largest absolute Gasteiger partial charge is 0.493 e. The van der Waals surface area contributed by atoms with Gasteiger partial charge in [0.05, 0.1) is 12.0 Å². The van der Waals surface area contributed by atoms with Gasteiger partial charge in [0.25, 0.3) is 5.91 Å². The Labute approximate surface area is 163 Å². The van der Waals surface area contributed by atoms with E-state index < -0.39 is 15.9 Å². The molecule has 0 saturated carbocycles. The number of furan rings is 1. The summed E-state index contributed by atoms with van der Waals surface area (Å²) < 4.78 is 37.3. The number of methoxy groups -OCH3 is 1. The van der Waals surface area contributed by atoms with E-state index in [1.54, 1.807) is 38.1 Å². The van der Waals surface area contributed by atoms with Crippen LogP contribution in [0.5, 0.6) is 5.75 Å². The number of carbonyl (C=O) groups is 1. The Bertz CT molecular complexity index is 1080. The van der Waals surface area contributed by atoms with Gasteiger partial charge in [-0.15, -0.1) is 0 Å². The molecule has 1 amide bonds. The van der Waals surface area contributed by atoms with E-state index in [-0.39, 0.29) is 10.7 Å². The van der Waals surface area contributed by atoms with E-state index in [9.17, 15) is 13.2 Å². The molecule has 0 unspecified atom stereocenters. The molecule has 2 aromatic carbocycles. The summed E-state index contributed by atoms with van der Waals surface area (Å²) in [5.74, 6) is 0.249. The van der Waals surface area contributed by atoms with Crippen LogP contribution < -0.4 is 10.1 Å². The van der Waals surface area contributed by atoms with Gasteiger partial charge in [-0.05, 0) is 36.4 Å². The molecule has 0 atom stereocenters. The second kappa shape index (κ2) is 8.04. The van der Waals surface area contributed by atoms with Gasteiger partial charge < -0.3 is 14.5 Å². The summed E-state index contributed by atoms with van der Waals surface area (Å²) in [6.45, 7) is 4.37. The summed E-state index contributed by atoms with van der Waals surface area (Å²) in [6.07, 6.45) is 0. The van der Waals surface area contributed by atoms with Crippen molar-refractivity contribution >= 4 is 32.6 Å². The molecule has 7 nitrogen and oxygen atoms in total. The molecule has 1 aromatic heterocycles. The number of hydrogen-bond acceptors (Lipinski definition) is 5. The Morgan fingerprint density at radius 1 is 1.11 bits per heavy atom. The van der Waals surface area contributed by atoms with E-state index >= 15 is 0 Å². The number of para-hydroxylation sites is 1. The maximum absolute atomic E-state index is 12.5. The number of rotatable bonds is 7. The maximum Gasteiger partial charge on any atom is 0.291 e. The average molecular weight is 402 g/mol. The molecule has 28 heavy (non-hydrogen) atoms. The minimum atomic E-state index is -3.54. The average Bonchev–Trinajstić information content (AvgIpc) is 3.13. The molecule has 0 aliphatic heterocycles. The van der Waals surface area contributed by atoms with Gasteiger partial charge in [-0.3, -0.25) is 4.79 Å². The van der Waals surface area contributed by atoms with Crippen molar-refractivity contribution in [2.24, 2.45) is 0 Å². The van der Waals surface area contributed by atoms with Crippen molar-refractivity contribution in [1.82, 2.24) is 4.31 Å². The van der Waals surface area contributed by atoms with Crippen molar-refractivity contribution < 1.29 is 22.4 Å². The van der Waals surface area contributed by atoms with E-state index in [0.29, 0.717) is 30.1 Å². The smallest absolute Gasteiger partial charge is 0.291 e. The predicted molar refractivity (Wildman–Crippen MR) is 107 cm³/mol. The number of hydrogen-bond donors (Lipinski definition) is 1. The standard InChI is InChI=1S/C20H22N2O5S/c1-4-22(5-2)28(24,25)16-11-9-15(10-12-16)21-20(23)18-13-14-7-6-8-17(26-3)19(14)27-18/h6-13H,4-5H2,1-3H3,(H,21,23). The fraction of sp³-hybridized carbons (Fsp3) is 0.250. The zero-order chi connectivity index (χ0) is 20.3. The molecule has 3 rings (SSSR count). The number of nitrogens with zero attached hydrogens (tertiary/aromatic N) is 1. The van der Waals surface area contributed by atoms with E-state index in [4.69, 9.17) is 9.15 Å². The van der Waals surface area contributed by atoms with E-state index in [0.717, 1.165) is 5.39 Å². The Balaban J connectivity index is 1.80. The van der Waals surface area contributed by atoms with Crippen LogP contribution in [0.3, 0.4) is 0 Å². The van der Waals surface area contributed by atoms with Gasteiger partial charge >= 0.3 is 0 Å². The van der Waals surface area contributed by atoms with Gasteiger partial charge in [-0.2, -0.15) is 4.31 Å². The molecule has 3 aromatic rings. The summed E-state index contributed by atoms with van der Waals surface area (Å²) in [5, 5.41) is 3.47. The number of anilines is 1. The van der Waals surface area contributed by atoms with Gasteiger partial charge in [-0.25, -0.2) is 8.42 Å². The second-order valence-electron chi connectivity index (χ2n) is 6.06. The van der Waals surface area contributed by atoms with Crippen molar-refractivity contribution in [3.8, 4) is 5.75 Å². The quantitative estimate of drug-likeness (QED) is 0.651. The van der Waals surface area contributed by atoms with Gasteiger partial charge in [0, 0.05) is 24.2 Å². The summed E-state index contributed by atoms with van der Waals surface area (Å²) in [6, 6.07) is 13.1. The lowest BCUT2D eigenvalue weighted by Gasteiger charge is -2.18. The van der Waals surface area contributed by atoms with Crippen LogP contribution in [0, 0.1) is 0 Å². The fourth-order valence-corrected chi connectivity index (χ4v) is 4.38. The number of nitrogens with one attached hydrogen (secondary N) is 1. The van der Waals surface area contributed by atoms with Crippen LogP contribution in [0.15, 0.2) is 57.8 Å². The molecule has 0 aliphatic rings. The monoisotopic (exact) mass is 402 g/mol. The third-order valence-corrected chi connectivity index (χ3v) is 6.47. The van der Waals surface area contributed by atoms with Crippen LogP contribution in [0.4, 0.5) is 5.69 Å². The first-order chi connectivity index (χ1) is 13.4. The van der Waals surface area contributed by atoms with E-state index in [2.05, 4.69) is 5.32 Å². The lowest BCUT2D eigenvalue weighted by molar-refractivity contribution is 0.0998. The first-order valence-electron chi connectivity index (χ1n) is 8.88. The second-order valence-corrected chi connectivity index (χ2v) is 8.00. The van der Waals surface area contributed by atoms with Crippen molar-refractivity contribution in [1.29, 1.82) is 0 Å². The van der Waals surface area contributed by atoms with Gasteiger partial charge in [-0.1, -0.05) is 26.0 Å². The summed E-state index contributed by atoms with van der Waals surface area (Å²) in [5.41, 5.74) is 0.965. The van der Waals surface area contributed by atoms with Crippen molar-refractivity contribution in [3.63, 3.8) is 0 Å². The van der Waals surface area contributed by atoms with Crippen LogP contribution >= 0.6 is 0 Å². The van der Waals surface area contributed by atoms with Gasteiger partial charge in [0.2, 0.25) is 10.0 Å². The molecule has 148 valence electrons. The van der Waals surface area contributed by atoms with Crippen LogP contribution in [0.1, 0.15) is 24.4 Å². The van der Waals surface area contributed by atoms with Crippen molar-refractivity contribution in [3.05, 3.63) is 54.3 Å². The lowest BCUT2D eigenvalue weighted by atomic mass is 10.2. The Morgan fingerprint density at radius 3 is 2.39 bits per heavy atom. The molecular formula is C20H22N2O5S. The first kappa shape index (κ1) is 19.9. The minimum absolute atomic E-state index is 0.138. The number of benzene rings is 2. The third kappa shape index (κ3) is 3.74. The number of carbonyl (C=O) groups excluding carboxylic acids is 1. The molecule has 1 heterocycles. The minimum Gasteiger partial charge on any atom is -0.493 e. The zero-order valence-corrected chi connectivity index (χ0v) is 16.7. The fourth-order valence-electron chi connectivity index (χ4n) is 2.92. The van der Waals surface area contributed by atoms with Crippen LogP contribution in [0.25, 0.3) is 11.0 Å². The number of ether oxygens (including phenoxy) is 1. The summed E-state index contributed by atoms with van der Waals surface area (Å²) >= 11 is 0. The normalized spacial score (nSPS) is 11.7. The summed E-state index contributed by atoms with van der Waals surface area (Å²) in [4.78, 5) is 12.7.